The minimum atomic E-state index is -0.483. The molecule has 2 nitrogen and oxygen atoms in total. The SMILES string of the molecule is CC(C)C(C)OCc1ccc(F)c(C#N)c1. The van der Waals surface area contributed by atoms with Gasteiger partial charge in [-0.15, -0.1) is 0 Å². The molecule has 86 valence electrons. The Kier molecular flexibility index (Phi) is 4.45. The largest absolute Gasteiger partial charge is 0.374 e. The average molecular weight is 221 g/mol. The number of nitrogens with zero attached hydrogens (tertiary/aromatic N) is 1. The van der Waals surface area contributed by atoms with E-state index in [2.05, 4.69) is 13.8 Å². The Balaban J connectivity index is 2.65. The summed E-state index contributed by atoms with van der Waals surface area (Å²) in [5, 5.41) is 8.68. The van der Waals surface area contributed by atoms with Crippen LogP contribution in [0.15, 0.2) is 18.2 Å². The third-order valence-electron chi connectivity index (χ3n) is 2.60. The number of hydrogen-bond donors (Lipinski definition) is 0. The maximum Gasteiger partial charge on any atom is 0.140 e. The second kappa shape index (κ2) is 5.62. The Morgan fingerprint density at radius 1 is 1.38 bits per heavy atom. The Hall–Kier alpha value is -1.40. The summed E-state index contributed by atoms with van der Waals surface area (Å²) in [5.74, 6) is -0.0426. The molecule has 0 fully saturated rings. The van der Waals surface area contributed by atoms with Crippen molar-refractivity contribution in [1.82, 2.24) is 0 Å². The van der Waals surface area contributed by atoms with Gasteiger partial charge in [-0.05, 0) is 30.5 Å². The van der Waals surface area contributed by atoms with E-state index in [1.54, 1.807) is 6.07 Å². The van der Waals surface area contributed by atoms with E-state index >= 15 is 0 Å². The molecule has 0 radical (unpaired) electrons. The molecule has 1 atom stereocenters. The van der Waals surface area contributed by atoms with Gasteiger partial charge in [0.15, 0.2) is 0 Å². The number of halogens is 1. The zero-order valence-corrected chi connectivity index (χ0v) is 9.83. The van der Waals surface area contributed by atoms with Crippen LogP contribution >= 0.6 is 0 Å². The lowest BCUT2D eigenvalue weighted by atomic mass is 10.1. The molecule has 1 aromatic carbocycles. The summed E-state index contributed by atoms with van der Waals surface area (Å²) in [7, 11) is 0. The molecule has 0 aliphatic rings. The summed E-state index contributed by atoms with van der Waals surface area (Å²) >= 11 is 0. The van der Waals surface area contributed by atoms with Crippen LogP contribution in [0.5, 0.6) is 0 Å². The summed E-state index contributed by atoms with van der Waals surface area (Å²) in [5.41, 5.74) is 0.892. The van der Waals surface area contributed by atoms with Crippen molar-refractivity contribution in [3.63, 3.8) is 0 Å². The fraction of sp³-hybridized carbons (Fsp3) is 0.462. The van der Waals surface area contributed by atoms with Gasteiger partial charge in [-0.3, -0.25) is 0 Å². The molecule has 3 heteroatoms. The lowest BCUT2D eigenvalue weighted by Gasteiger charge is -2.16. The predicted molar refractivity (Wildman–Crippen MR) is 60.2 cm³/mol. The molecule has 16 heavy (non-hydrogen) atoms. The molecule has 0 N–H and O–H groups in total. The van der Waals surface area contributed by atoms with Gasteiger partial charge < -0.3 is 4.74 Å². The van der Waals surface area contributed by atoms with Crippen LogP contribution in [0.4, 0.5) is 4.39 Å². The minimum absolute atomic E-state index is 0.0679. The van der Waals surface area contributed by atoms with E-state index in [1.165, 1.54) is 12.1 Å². The molecule has 1 rings (SSSR count). The van der Waals surface area contributed by atoms with Gasteiger partial charge in [0.1, 0.15) is 11.9 Å². The molecular formula is C13H16FNO. The van der Waals surface area contributed by atoms with Crippen molar-refractivity contribution in [1.29, 1.82) is 5.26 Å². The summed E-state index contributed by atoms with van der Waals surface area (Å²) in [6.07, 6.45) is 0.149. The summed E-state index contributed by atoms with van der Waals surface area (Å²) in [6, 6.07) is 6.29. The molecule has 0 aromatic heterocycles. The van der Waals surface area contributed by atoms with Gasteiger partial charge in [-0.2, -0.15) is 5.26 Å². The second-order valence-electron chi connectivity index (χ2n) is 4.19. The van der Waals surface area contributed by atoms with Crippen LogP contribution in [0.3, 0.4) is 0 Å². The molecule has 1 aromatic rings. The first-order valence-corrected chi connectivity index (χ1v) is 5.34. The van der Waals surface area contributed by atoms with E-state index in [9.17, 15) is 4.39 Å². The molecular weight excluding hydrogens is 205 g/mol. The highest BCUT2D eigenvalue weighted by molar-refractivity contribution is 5.34. The number of ether oxygens (including phenoxy) is 1. The summed E-state index contributed by atoms with van der Waals surface area (Å²) < 4.78 is 18.6. The van der Waals surface area contributed by atoms with E-state index < -0.39 is 5.82 Å². The van der Waals surface area contributed by atoms with Crippen LogP contribution in [-0.4, -0.2) is 6.10 Å². The van der Waals surface area contributed by atoms with Crippen LogP contribution in [0.2, 0.25) is 0 Å². The number of benzene rings is 1. The van der Waals surface area contributed by atoms with Gasteiger partial charge in [-0.25, -0.2) is 4.39 Å². The third kappa shape index (κ3) is 3.32. The molecule has 0 aliphatic carbocycles. The Labute approximate surface area is 95.7 Å². The zero-order chi connectivity index (χ0) is 12.1. The van der Waals surface area contributed by atoms with Crippen molar-refractivity contribution in [3.8, 4) is 6.07 Å². The van der Waals surface area contributed by atoms with Crippen LogP contribution in [0.25, 0.3) is 0 Å². The molecule has 0 spiro atoms. The lowest BCUT2D eigenvalue weighted by molar-refractivity contribution is 0.0235. The number of rotatable bonds is 4. The maximum atomic E-state index is 13.0. The van der Waals surface area contributed by atoms with Crippen LogP contribution < -0.4 is 0 Å². The van der Waals surface area contributed by atoms with Crippen LogP contribution in [0, 0.1) is 23.1 Å². The van der Waals surface area contributed by atoms with Crippen molar-refractivity contribution in [2.75, 3.05) is 0 Å². The Morgan fingerprint density at radius 2 is 2.06 bits per heavy atom. The van der Waals surface area contributed by atoms with E-state index in [4.69, 9.17) is 10.00 Å². The highest BCUT2D eigenvalue weighted by Crippen LogP contribution is 2.13. The normalized spacial score (nSPS) is 12.5. The molecule has 0 saturated carbocycles. The molecule has 0 saturated heterocycles. The standard InChI is InChI=1S/C13H16FNO/c1-9(2)10(3)16-8-11-4-5-13(14)12(6-11)7-15/h4-6,9-10H,8H2,1-3H3. The molecule has 1 unspecified atom stereocenters. The minimum Gasteiger partial charge on any atom is -0.374 e. The highest BCUT2D eigenvalue weighted by Gasteiger charge is 2.08. The maximum absolute atomic E-state index is 13.0. The molecule has 0 aliphatic heterocycles. The van der Waals surface area contributed by atoms with Crippen molar-refractivity contribution < 1.29 is 9.13 Å². The van der Waals surface area contributed by atoms with Gasteiger partial charge >= 0.3 is 0 Å². The summed E-state index contributed by atoms with van der Waals surface area (Å²) in [4.78, 5) is 0. The van der Waals surface area contributed by atoms with Crippen molar-refractivity contribution in [2.24, 2.45) is 5.92 Å². The van der Waals surface area contributed by atoms with E-state index in [0.29, 0.717) is 12.5 Å². The first-order chi connectivity index (χ1) is 7.54. The Morgan fingerprint density at radius 3 is 2.62 bits per heavy atom. The van der Waals surface area contributed by atoms with Crippen molar-refractivity contribution in [3.05, 3.63) is 35.1 Å². The van der Waals surface area contributed by atoms with Crippen LogP contribution in [0.1, 0.15) is 31.9 Å². The molecule has 0 bridgehead atoms. The topological polar surface area (TPSA) is 33.0 Å². The third-order valence-corrected chi connectivity index (χ3v) is 2.60. The highest BCUT2D eigenvalue weighted by atomic mass is 19.1. The van der Waals surface area contributed by atoms with E-state index in [0.717, 1.165) is 5.56 Å². The molecule has 0 amide bonds. The van der Waals surface area contributed by atoms with Gasteiger partial charge in [0, 0.05) is 0 Å². The smallest absolute Gasteiger partial charge is 0.140 e. The monoisotopic (exact) mass is 221 g/mol. The zero-order valence-electron chi connectivity index (χ0n) is 9.83. The number of nitriles is 1. The number of hydrogen-bond acceptors (Lipinski definition) is 2. The van der Waals surface area contributed by atoms with E-state index in [1.807, 2.05) is 13.0 Å². The van der Waals surface area contributed by atoms with E-state index in [-0.39, 0.29) is 11.7 Å². The lowest BCUT2D eigenvalue weighted by Crippen LogP contribution is -2.15. The van der Waals surface area contributed by atoms with Gasteiger partial charge in [0.25, 0.3) is 0 Å². The molecule has 0 heterocycles. The predicted octanol–water partition coefficient (Wildman–Crippen LogP) is 3.26. The van der Waals surface area contributed by atoms with Gasteiger partial charge in [0.2, 0.25) is 0 Å². The van der Waals surface area contributed by atoms with Crippen molar-refractivity contribution >= 4 is 0 Å². The van der Waals surface area contributed by atoms with Gasteiger partial charge in [0.05, 0.1) is 18.3 Å². The second-order valence-corrected chi connectivity index (χ2v) is 4.19. The fourth-order valence-electron chi connectivity index (χ4n) is 1.17. The fourth-order valence-corrected chi connectivity index (χ4v) is 1.17. The Bertz CT molecular complexity index is 395. The first kappa shape index (κ1) is 12.7. The summed E-state index contributed by atoms with van der Waals surface area (Å²) in [6.45, 7) is 6.57. The van der Waals surface area contributed by atoms with Gasteiger partial charge in [-0.1, -0.05) is 19.9 Å². The van der Waals surface area contributed by atoms with Crippen LogP contribution in [-0.2, 0) is 11.3 Å². The first-order valence-electron chi connectivity index (χ1n) is 5.34. The quantitative estimate of drug-likeness (QED) is 0.781. The average Bonchev–Trinajstić information content (AvgIpc) is 2.27. The van der Waals surface area contributed by atoms with Crippen molar-refractivity contribution in [2.45, 2.75) is 33.5 Å².